The normalized spacial score (nSPS) is 11.3. The van der Waals surface area contributed by atoms with Crippen molar-refractivity contribution in [3.05, 3.63) is 71.3 Å². The number of nitrogens with one attached hydrogen (secondary N) is 2. The molecule has 2 aromatic rings. The molecular formula is C18H21F2N3. The molecule has 0 aliphatic carbocycles. The Balaban J connectivity index is 1.89. The summed E-state index contributed by atoms with van der Waals surface area (Å²) in [4.78, 5) is 4.45. The maximum atomic E-state index is 13.6. The smallest absolute Gasteiger partial charge is 0.191 e. The second-order valence-corrected chi connectivity index (χ2v) is 5.09. The fourth-order valence-electron chi connectivity index (χ4n) is 2.12. The molecular weight excluding hydrogens is 296 g/mol. The fourth-order valence-corrected chi connectivity index (χ4v) is 2.12. The molecule has 0 aliphatic rings. The summed E-state index contributed by atoms with van der Waals surface area (Å²) in [5.74, 6) is 0.211. The van der Waals surface area contributed by atoms with Crippen LogP contribution in [0.1, 0.15) is 18.1 Å². The van der Waals surface area contributed by atoms with Crippen LogP contribution in [-0.4, -0.2) is 19.0 Å². The zero-order valence-corrected chi connectivity index (χ0v) is 13.2. The van der Waals surface area contributed by atoms with Gasteiger partial charge in [0.05, 0.1) is 6.54 Å². The molecule has 0 unspecified atom stereocenters. The zero-order valence-electron chi connectivity index (χ0n) is 13.2. The molecule has 0 aromatic heterocycles. The first-order chi connectivity index (χ1) is 11.2. The van der Waals surface area contributed by atoms with Gasteiger partial charge in [0.25, 0.3) is 0 Å². The van der Waals surface area contributed by atoms with E-state index in [4.69, 9.17) is 0 Å². The van der Waals surface area contributed by atoms with E-state index in [1.807, 2.05) is 13.0 Å². The lowest BCUT2D eigenvalue weighted by molar-refractivity contribution is 0.606. The summed E-state index contributed by atoms with van der Waals surface area (Å²) >= 11 is 0. The summed E-state index contributed by atoms with van der Waals surface area (Å²) in [6.07, 6.45) is 0.577. The number of halogens is 2. The molecule has 0 saturated heterocycles. The molecule has 2 N–H and O–H groups in total. The number of aliphatic imine (C=N–C) groups is 1. The summed E-state index contributed by atoms with van der Waals surface area (Å²) < 4.78 is 26.4. The van der Waals surface area contributed by atoms with Gasteiger partial charge in [-0.05, 0) is 42.7 Å². The van der Waals surface area contributed by atoms with Crippen LogP contribution >= 0.6 is 0 Å². The first-order valence-corrected chi connectivity index (χ1v) is 7.69. The van der Waals surface area contributed by atoms with Gasteiger partial charge in [-0.15, -0.1) is 0 Å². The van der Waals surface area contributed by atoms with Crippen LogP contribution in [0, 0.1) is 11.6 Å². The lowest BCUT2D eigenvalue weighted by atomic mass is 10.1. The summed E-state index contributed by atoms with van der Waals surface area (Å²) in [7, 11) is 0. The van der Waals surface area contributed by atoms with Crippen LogP contribution in [0.3, 0.4) is 0 Å². The predicted molar refractivity (Wildman–Crippen MR) is 89.3 cm³/mol. The molecule has 122 valence electrons. The number of hydrogen-bond acceptors (Lipinski definition) is 1. The molecule has 5 heteroatoms. The first-order valence-electron chi connectivity index (χ1n) is 7.69. The second kappa shape index (κ2) is 8.88. The van der Waals surface area contributed by atoms with Gasteiger partial charge in [0.2, 0.25) is 0 Å². The minimum absolute atomic E-state index is 0.192. The molecule has 0 saturated carbocycles. The van der Waals surface area contributed by atoms with Gasteiger partial charge in [-0.3, -0.25) is 0 Å². The first kappa shape index (κ1) is 16.9. The highest BCUT2D eigenvalue weighted by molar-refractivity contribution is 5.79. The van der Waals surface area contributed by atoms with Crippen molar-refractivity contribution in [3.63, 3.8) is 0 Å². The Bertz CT molecular complexity index is 639. The second-order valence-electron chi connectivity index (χ2n) is 5.09. The van der Waals surface area contributed by atoms with Gasteiger partial charge >= 0.3 is 0 Å². The molecule has 0 radical (unpaired) electrons. The van der Waals surface area contributed by atoms with Gasteiger partial charge in [0, 0.05) is 13.1 Å². The Morgan fingerprint density at radius 2 is 1.74 bits per heavy atom. The van der Waals surface area contributed by atoms with Crippen molar-refractivity contribution in [3.8, 4) is 0 Å². The lowest BCUT2D eigenvalue weighted by Gasteiger charge is -2.11. The van der Waals surface area contributed by atoms with Crippen LogP contribution in [0.25, 0.3) is 0 Å². The summed E-state index contributed by atoms with van der Waals surface area (Å²) in [5, 5.41) is 6.31. The van der Waals surface area contributed by atoms with Crippen LogP contribution in [0.2, 0.25) is 0 Å². The Kier molecular flexibility index (Phi) is 6.54. The number of guanidine groups is 1. The molecule has 2 rings (SSSR count). The van der Waals surface area contributed by atoms with E-state index in [-0.39, 0.29) is 11.6 Å². The van der Waals surface area contributed by atoms with Gasteiger partial charge in [-0.1, -0.05) is 30.3 Å². The van der Waals surface area contributed by atoms with Crippen LogP contribution < -0.4 is 10.6 Å². The van der Waals surface area contributed by atoms with Crippen molar-refractivity contribution in [2.45, 2.75) is 19.9 Å². The van der Waals surface area contributed by atoms with Crippen molar-refractivity contribution in [1.82, 2.24) is 10.6 Å². The van der Waals surface area contributed by atoms with Crippen molar-refractivity contribution < 1.29 is 8.78 Å². The molecule has 0 aliphatic heterocycles. The van der Waals surface area contributed by atoms with Crippen molar-refractivity contribution >= 4 is 5.96 Å². The van der Waals surface area contributed by atoms with E-state index in [1.165, 1.54) is 18.2 Å². The third-order valence-corrected chi connectivity index (χ3v) is 3.32. The van der Waals surface area contributed by atoms with E-state index in [1.54, 1.807) is 24.3 Å². The SMILES string of the molecule is CCNC(=NCc1ccc(F)cc1)NCCc1ccccc1F. The van der Waals surface area contributed by atoms with E-state index >= 15 is 0 Å². The van der Waals surface area contributed by atoms with Gasteiger partial charge in [-0.2, -0.15) is 0 Å². The fraction of sp³-hybridized carbons (Fsp3) is 0.278. The van der Waals surface area contributed by atoms with Gasteiger partial charge in [-0.25, -0.2) is 13.8 Å². The largest absolute Gasteiger partial charge is 0.357 e. The van der Waals surface area contributed by atoms with Crippen LogP contribution in [0.4, 0.5) is 8.78 Å². The maximum absolute atomic E-state index is 13.6. The minimum atomic E-state index is -0.257. The van der Waals surface area contributed by atoms with Gasteiger partial charge in [0.15, 0.2) is 5.96 Å². The molecule has 0 bridgehead atoms. The molecule has 2 aromatic carbocycles. The predicted octanol–water partition coefficient (Wildman–Crippen LogP) is 3.26. The average Bonchev–Trinajstić information content (AvgIpc) is 2.56. The zero-order chi connectivity index (χ0) is 16.5. The Labute approximate surface area is 135 Å². The monoisotopic (exact) mass is 317 g/mol. The van der Waals surface area contributed by atoms with Crippen molar-refractivity contribution in [2.75, 3.05) is 13.1 Å². The highest BCUT2D eigenvalue weighted by Crippen LogP contribution is 2.06. The molecule has 0 atom stereocenters. The highest BCUT2D eigenvalue weighted by atomic mass is 19.1. The van der Waals surface area contributed by atoms with Crippen LogP contribution in [-0.2, 0) is 13.0 Å². The molecule has 0 heterocycles. The van der Waals surface area contributed by atoms with Crippen molar-refractivity contribution in [2.24, 2.45) is 4.99 Å². The van der Waals surface area contributed by atoms with E-state index in [0.29, 0.717) is 31.0 Å². The van der Waals surface area contributed by atoms with E-state index in [9.17, 15) is 8.78 Å². The van der Waals surface area contributed by atoms with Gasteiger partial charge in [0.1, 0.15) is 11.6 Å². The summed E-state index contributed by atoms with van der Waals surface area (Å²) in [6, 6.07) is 13.0. The Hall–Kier alpha value is -2.43. The molecule has 0 amide bonds. The third-order valence-electron chi connectivity index (χ3n) is 3.32. The summed E-state index contributed by atoms with van der Waals surface area (Å²) in [6.45, 7) is 3.74. The molecule has 23 heavy (non-hydrogen) atoms. The standard InChI is InChI=1S/C18H21F2N3/c1-2-21-18(23-13-14-7-9-16(19)10-8-14)22-12-11-15-5-3-4-6-17(15)20/h3-10H,2,11-13H2,1H3,(H2,21,22,23). The van der Waals surface area contributed by atoms with Crippen LogP contribution in [0.15, 0.2) is 53.5 Å². The van der Waals surface area contributed by atoms with E-state index < -0.39 is 0 Å². The number of hydrogen-bond donors (Lipinski definition) is 2. The number of nitrogens with zero attached hydrogens (tertiary/aromatic N) is 1. The number of rotatable bonds is 6. The van der Waals surface area contributed by atoms with E-state index in [0.717, 1.165) is 12.1 Å². The topological polar surface area (TPSA) is 36.4 Å². The molecule has 0 fully saturated rings. The molecule has 3 nitrogen and oxygen atoms in total. The maximum Gasteiger partial charge on any atom is 0.191 e. The quantitative estimate of drug-likeness (QED) is 0.634. The Morgan fingerprint density at radius 3 is 2.43 bits per heavy atom. The van der Waals surface area contributed by atoms with Crippen LogP contribution in [0.5, 0.6) is 0 Å². The van der Waals surface area contributed by atoms with Crippen molar-refractivity contribution in [1.29, 1.82) is 0 Å². The minimum Gasteiger partial charge on any atom is -0.357 e. The molecule has 0 spiro atoms. The van der Waals surface area contributed by atoms with Gasteiger partial charge < -0.3 is 10.6 Å². The lowest BCUT2D eigenvalue weighted by Crippen LogP contribution is -2.38. The van der Waals surface area contributed by atoms with E-state index in [2.05, 4.69) is 15.6 Å². The highest BCUT2D eigenvalue weighted by Gasteiger charge is 2.02. The average molecular weight is 317 g/mol. The Morgan fingerprint density at radius 1 is 1.00 bits per heavy atom. The third kappa shape index (κ3) is 5.70. The number of benzene rings is 2. The summed E-state index contributed by atoms with van der Waals surface area (Å²) in [5.41, 5.74) is 1.60.